The van der Waals surface area contributed by atoms with E-state index >= 15 is 0 Å². The van der Waals surface area contributed by atoms with Gasteiger partial charge in [0.15, 0.2) is 0 Å². The first-order valence-electron chi connectivity index (χ1n) is 4.70. The maximum atomic E-state index is 11.5. The SMILES string of the molecule is Nc1ccc(C2(O)C(=O)NC(=O)NC2=O)cc1. The predicted octanol–water partition coefficient (Wildman–Crippen LogP) is -1.18. The Hall–Kier alpha value is -2.41. The van der Waals surface area contributed by atoms with Crippen LogP contribution in [-0.2, 0) is 15.2 Å². The highest BCUT2D eigenvalue weighted by atomic mass is 16.3. The smallest absolute Gasteiger partial charge is 0.328 e. The topological polar surface area (TPSA) is 122 Å². The lowest BCUT2D eigenvalue weighted by molar-refractivity contribution is -0.155. The van der Waals surface area contributed by atoms with E-state index in [0.29, 0.717) is 5.69 Å². The summed E-state index contributed by atoms with van der Waals surface area (Å²) in [5.41, 5.74) is 3.50. The van der Waals surface area contributed by atoms with E-state index in [9.17, 15) is 19.5 Å². The van der Waals surface area contributed by atoms with Gasteiger partial charge in [-0.1, -0.05) is 12.1 Å². The number of urea groups is 1. The lowest BCUT2D eigenvalue weighted by atomic mass is 9.90. The second kappa shape index (κ2) is 3.56. The van der Waals surface area contributed by atoms with Gasteiger partial charge in [0.1, 0.15) is 0 Å². The number of hydrogen-bond donors (Lipinski definition) is 4. The average molecular weight is 235 g/mol. The number of carbonyl (C=O) groups is 3. The Morgan fingerprint density at radius 1 is 1.00 bits per heavy atom. The van der Waals surface area contributed by atoms with Crippen LogP contribution in [0, 0.1) is 0 Å². The van der Waals surface area contributed by atoms with Gasteiger partial charge >= 0.3 is 6.03 Å². The lowest BCUT2D eigenvalue weighted by Crippen LogP contribution is -2.64. The third kappa shape index (κ3) is 1.62. The zero-order valence-corrected chi connectivity index (χ0v) is 8.56. The number of hydrogen-bond acceptors (Lipinski definition) is 5. The quantitative estimate of drug-likeness (QED) is 0.360. The van der Waals surface area contributed by atoms with Gasteiger partial charge in [0.05, 0.1) is 0 Å². The molecule has 4 amide bonds. The molecule has 2 rings (SSSR count). The van der Waals surface area contributed by atoms with Gasteiger partial charge < -0.3 is 10.8 Å². The molecule has 1 aromatic rings. The van der Waals surface area contributed by atoms with Crippen LogP contribution in [0.3, 0.4) is 0 Å². The van der Waals surface area contributed by atoms with Crippen molar-refractivity contribution in [2.45, 2.75) is 5.60 Å². The summed E-state index contributed by atoms with van der Waals surface area (Å²) in [7, 11) is 0. The summed E-state index contributed by atoms with van der Waals surface area (Å²) in [6.45, 7) is 0. The standard InChI is InChI=1S/C10H9N3O4/c11-6-3-1-5(2-4-6)10(17)7(14)12-9(16)13-8(10)15/h1-4,17H,11H2,(H2,12,13,14,15,16). The Kier molecular flexibility index (Phi) is 2.32. The molecule has 1 saturated heterocycles. The Morgan fingerprint density at radius 3 is 1.94 bits per heavy atom. The molecular formula is C10H9N3O4. The summed E-state index contributed by atoms with van der Waals surface area (Å²) in [6, 6.07) is 4.59. The minimum absolute atomic E-state index is 0.0363. The molecule has 5 N–H and O–H groups in total. The number of nitrogens with two attached hydrogens (primary N) is 1. The zero-order chi connectivity index (χ0) is 12.6. The molecule has 17 heavy (non-hydrogen) atoms. The number of benzene rings is 1. The number of anilines is 1. The molecule has 1 aromatic carbocycles. The fourth-order valence-corrected chi connectivity index (χ4v) is 1.51. The highest BCUT2D eigenvalue weighted by Crippen LogP contribution is 2.24. The molecule has 1 aliphatic heterocycles. The molecule has 0 saturated carbocycles. The van der Waals surface area contributed by atoms with Crippen LogP contribution in [0.1, 0.15) is 5.56 Å². The van der Waals surface area contributed by atoms with Crippen LogP contribution < -0.4 is 16.4 Å². The number of rotatable bonds is 1. The van der Waals surface area contributed by atoms with Crippen LogP contribution in [0.5, 0.6) is 0 Å². The molecule has 0 aromatic heterocycles. The number of barbiturate groups is 1. The highest BCUT2D eigenvalue weighted by molar-refractivity contribution is 6.21. The van der Waals surface area contributed by atoms with Crippen LogP contribution in [0.25, 0.3) is 0 Å². The number of imide groups is 2. The van der Waals surface area contributed by atoms with Gasteiger partial charge in [-0.3, -0.25) is 20.2 Å². The van der Waals surface area contributed by atoms with Crippen molar-refractivity contribution >= 4 is 23.5 Å². The van der Waals surface area contributed by atoms with E-state index in [1.54, 1.807) is 0 Å². The summed E-state index contributed by atoms with van der Waals surface area (Å²) in [4.78, 5) is 34.0. The van der Waals surface area contributed by atoms with E-state index in [2.05, 4.69) is 0 Å². The highest BCUT2D eigenvalue weighted by Gasteiger charge is 2.50. The third-order valence-corrected chi connectivity index (χ3v) is 2.44. The first-order chi connectivity index (χ1) is 7.94. The van der Waals surface area contributed by atoms with E-state index in [4.69, 9.17) is 5.73 Å². The van der Waals surface area contributed by atoms with Crippen molar-refractivity contribution in [1.82, 2.24) is 10.6 Å². The first kappa shape index (κ1) is 11.1. The fraction of sp³-hybridized carbons (Fsp3) is 0.100. The van der Waals surface area contributed by atoms with E-state index < -0.39 is 23.4 Å². The Bertz CT molecular complexity index is 489. The van der Waals surface area contributed by atoms with E-state index in [0.717, 1.165) is 0 Å². The second-order valence-corrected chi connectivity index (χ2v) is 3.57. The van der Waals surface area contributed by atoms with Crippen molar-refractivity contribution in [3.63, 3.8) is 0 Å². The Balaban J connectivity index is 2.47. The molecule has 7 nitrogen and oxygen atoms in total. The van der Waals surface area contributed by atoms with Crippen molar-refractivity contribution in [3.05, 3.63) is 29.8 Å². The molecule has 1 fully saturated rings. The molecule has 0 atom stereocenters. The van der Waals surface area contributed by atoms with Crippen LogP contribution >= 0.6 is 0 Å². The maximum Gasteiger partial charge on any atom is 0.328 e. The van der Waals surface area contributed by atoms with Gasteiger partial charge in [-0.25, -0.2) is 4.79 Å². The van der Waals surface area contributed by atoms with Gasteiger partial charge in [-0.2, -0.15) is 0 Å². The molecule has 0 bridgehead atoms. The summed E-state index contributed by atoms with van der Waals surface area (Å²) in [5.74, 6) is -2.17. The second-order valence-electron chi connectivity index (χ2n) is 3.57. The average Bonchev–Trinajstić information content (AvgIpc) is 2.26. The molecule has 1 heterocycles. The molecular weight excluding hydrogens is 226 g/mol. The minimum Gasteiger partial charge on any atom is -0.399 e. The summed E-state index contributed by atoms with van der Waals surface area (Å²) in [5, 5.41) is 13.7. The van der Waals surface area contributed by atoms with E-state index in [1.807, 2.05) is 10.6 Å². The molecule has 0 spiro atoms. The third-order valence-electron chi connectivity index (χ3n) is 2.44. The van der Waals surface area contributed by atoms with E-state index in [1.165, 1.54) is 24.3 Å². The Labute approximate surface area is 95.6 Å². The number of amides is 4. The number of nitrogens with one attached hydrogen (secondary N) is 2. The maximum absolute atomic E-state index is 11.5. The fourth-order valence-electron chi connectivity index (χ4n) is 1.51. The molecule has 0 unspecified atom stereocenters. The number of carbonyl (C=O) groups excluding carboxylic acids is 3. The van der Waals surface area contributed by atoms with Gasteiger partial charge in [0, 0.05) is 11.3 Å². The van der Waals surface area contributed by atoms with Gasteiger partial charge in [-0.15, -0.1) is 0 Å². The summed E-state index contributed by atoms with van der Waals surface area (Å²) in [6.07, 6.45) is 0. The summed E-state index contributed by atoms with van der Waals surface area (Å²) < 4.78 is 0. The normalized spacial score (nSPS) is 18.5. The predicted molar refractivity (Wildman–Crippen MR) is 56.4 cm³/mol. The van der Waals surface area contributed by atoms with Crippen molar-refractivity contribution in [2.24, 2.45) is 0 Å². The molecule has 0 aliphatic carbocycles. The van der Waals surface area contributed by atoms with E-state index in [-0.39, 0.29) is 5.56 Å². The van der Waals surface area contributed by atoms with Crippen molar-refractivity contribution in [3.8, 4) is 0 Å². The van der Waals surface area contributed by atoms with Crippen LogP contribution in [0.15, 0.2) is 24.3 Å². The molecule has 7 heteroatoms. The van der Waals surface area contributed by atoms with Crippen LogP contribution in [0.4, 0.5) is 10.5 Å². The van der Waals surface area contributed by atoms with Gasteiger partial charge in [0.2, 0.25) is 5.60 Å². The number of nitrogen functional groups attached to an aromatic ring is 1. The first-order valence-corrected chi connectivity index (χ1v) is 4.70. The van der Waals surface area contributed by atoms with Crippen molar-refractivity contribution in [2.75, 3.05) is 5.73 Å². The molecule has 88 valence electrons. The van der Waals surface area contributed by atoms with Crippen LogP contribution in [-0.4, -0.2) is 23.0 Å². The minimum atomic E-state index is -2.42. The van der Waals surface area contributed by atoms with Crippen molar-refractivity contribution in [1.29, 1.82) is 0 Å². The number of aliphatic hydroxyl groups is 1. The zero-order valence-electron chi connectivity index (χ0n) is 8.56. The lowest BCUT2D eigenvalue weighted by Gasteiger charge is -2.29. The van der Waals surface area contributed by atoms with Gasteiger partial charge in [-0.05, 0) is 12.1 Å². The van der Waals surface area contributed by atoms with Crippen molar-refractivity contribution < 1.29 is 19.5 Å². The monoisotopic (exact) mass is 235 g/mol. The molecule has 1 aliphatic rings. The summed E-state index contributed by atoms with van der Waals surface area (Å²) >= 11 is 0. The molecule has 0 radical (unpaired) electrons. The van der Waals surface area contributed by atoms with Gasteiger partial charge in [0.25, 0.3) is 11.8 Å². The van der Waals surface area contributed by atoms with Crippen LogP contribution in [0.2, 0.25) is 0 Å². The Morgan fingerprint density at radius 2 is 1.47 bits per heavy atom. The largest absolute Gasteiger partial charge is 0.399 e.